The summed E-state index contributed by atoms with van der Waals surface area (Å²) >= 11 is 5.72. The van der Waals surface area contributed by atoms with Crippen LogP contribution in [0.3, 0.4) is 0 Å². The number of hydrogen-bond donors (Lipinski definition) is 4. The van der Waals surface area contributed by atoms with E-state index in [0.717, 1.165) is 22.4 Å². The van der Waals surface area contributed by atoms with E-state index in [4.69, 9.17) is 21.9 Å². The molecule has 0 saturated heterocycles. The van der Waals surface area contributed by atoms with Crippen LogP contribution in [0.4, 0.5) is 18.9 Å². The number of anilines is 1. The molecule has 0 atom stereocenters. The number of aromatic nitrogens is 2. The fraction of sp³-hybridized carbons (Fsp3) is 0.125. The number of nitrogens with two attached hydrogens (primary N) is 2. The smallest absolute Gasteiger partial charge is 0.370 e. The highest BCUT2D eigenvalue weighted by Crippen LogP contribution is 2.34. The molecule has 0 unspecified atom stereocenters. The first-order valence-electron chi connectivity index (χ1n) is 11.7. The molecule has 19 heteroatoms. The number of nitrogens with one attached hydrogen (secondary N) is 2. The Labute approximate surface area is 249 Å². The van der Waals surface area contributed by atoms with Crippen molar-refractivity contribution in [1.29, 1.82) is 0 Å². The summed E-state index contributed by atoms with van der Waals surface area (Å²) in [5, 5.41) is 16.2. The van der Waals surface area contributed by atoms with Gasteiger partial charge in [-0.05, 0) is 49.4 Å². The SMILES string of the molecule is Cc1ccc(-c2cc(C(F)(F)F)nn2-c2ccc(S(N)(=O)=O)cc2)cc1.NS(=O)(=O)c1cc2c(cc1Cl)NCNS2(=O)=O. The molecule has 0 spiro atoms. The molecule has 43 heavy (non-hydrogen) atoms. The Morgan fingerprint density at radius 1 is 0.930 bits per heavy atom. The molecule has 6 N–H and O–H groups in total. The van der Waals surface area contributed by atoms with Gasteiger partial charge in [-0.15, -0.1) is 0 Å². The van der Waals surface area contributed by atoms with Crippen LogP contribution in [-0.2, 0) is 36.2 Å². The molecule has 0 radical (unpaired) electrons. The highest BCUT2D eigenvalue weighted by molar-refractivity contribution is 7.90. The topological polar surface area (TPSA) is 196 Å². The average molecular weight is 679 g/mol. The number of aryl methyl sites for hydroxylation is 1. The first-order valence-corrected chi connectivity index (χ1v) is 16.7. The van der Waals surface area contributed by atoms with E-state index in [-0.39, 0.29) is 38.6 Å². The van der Waals surface area contributed by atoms with Crippen molar-refractivity contribution in [3.05, 3.63) is 83.0 Å². The minimum atomic E-state index is -4.61. The highest BCUT2D eigenvalue weighted by Gasteiger charge is 2.35. The molecule has 1 aliphatic heterocycles. The van der Waals surface area contributed by atoms with E-state index in [1.54, 1.807) is 24.3 Å². The number of alkyl halides is 3. The molecule has 0 fully saturated rings. The summed E-state index contributed by atoms with van der Waals surface area (Å²) in [5.41, 5.74) is 1.23. The van der Waals surface area contributed by atoms with Crippen LogP contribution >= 0.6 is 11.6 Å². The van der Waals surface area contributed by atoms with Gasteiger partial charge >= 0.3 is 6.18 Å². The Balaban J connectivity index is 0.000000215. The fourth-order valence-electron chi connectivity index (χ4n) is 3.84. The lowest BCUT2D eigenvalue weighted by Crippen LogP contribution is -2.34. The van der Waals surface area contributed by atoms with Gasteiger partial charge in [-0.25, -0.2) is 40.2 Å². The molecule has 0 saturated carbocycles. The molecule has 4 aromatic rings. The number of fused-ring (bicyclic) bond motifs is 1. The quantitative estimate of drug-likeness (QED) is 0.252. The van der Waals surface area contributed by atoms with Crippen molar-refractivity contribution < 1.29 is 38.4 Å². The number of primary sulfonamides is 2. The molecular formula is C24H22ClF3N6O6S3. The molecule has 0 bridgehead atoms. The van der Waals surface area contributed by atoms with Crippen molar-refractivity contribution in [2.24, 2.45) is 10.3 Å². The first-order chi connectivity index (χ1) is 19.8. The summed E-state index contributed by atoms with van der Waals surface area (Å²) in [5.74, 6) is 0. The monoisotopic (exact) mass is 678 g/mol. The van der Waals surface area contributed by atoms with Gasteiger partial charge in [0.15, 0.2) is 5.69 Å². The van der Waals surface area contributed by atoms with E-state index in [1.165, 1.54) is 30.3 Å². The maximum atomic E-state index is 13.1. The summed E-state index contributed by atoms with van der Waals surface area (Å²) < 4.78 is 111. The second-order valence-corrected chi connectivity index (χ2v) is 14.3. The van der Waals surface area contributed by atoms with Crippen LogP contribution in [0.5, 0.6) is 0 Å². The third-order valence-electron chi connectivity index (χ3n) is 5.93. The molecular weight excluding hydrogens is 657 g/mol. The van der Waals surface area contributed by atoms with Crippen molar-refractivity contribution >= 4 is 47.4 Å². The Hall–Kier alpha value is -3.52. The Morgan fingerprint density at radius 3 is 2.07 bits per heavy atom. The normalized spacial score (nSPS) is 14.7. The van der Waals surface area contributed by atoms with Gasteiger partial charge in [-0.3, -0.25) is 0 Å². The molecule has 0 aliphatic carbocycles. The number of benzene rings is 3. The van der Waals surface area contributed by atoms with Crippen LogP contribution in [0.1, 0.15) is 11.3 Å². The van der Waals surface area contributed by atoms with Gasteiger partial charge in [-0.2, -0.15) is 23.0 Å². The van der Waals surface area contributed by atoms with E-state index >= 15 is 0 Å². The summed E-state index contributed by atoms with van der Waals surface area (Å²) in [6, 6.07) is 15.2. The Morgan fingerprint density at radius 2 is 1.53 bits per heavy atom. The number of halogens is 4. The van der Waals surface area contributed by atoms with Gasteiger partial charge in [0.05, 0.1) is 33.7 Å². The van der Waals surface area contributed by atoms with Crippen LogP contribution in [0.25, 0.3) is 16.9 Å². The maximum Gasteiger partial charge on any atom is 0.435 e. The molecule has 5 rings (SSSR count). The average Bonchev–Trinajstić information content (AvgIpc) is 3.34. The zero-order valence-corrected chi connectivity index (χ0v) is 25.0. The largest absolute Gasteiger partial charge is 0.435 e. The predicted octanol–water partition coefficient (Wildman–Crippen LogP) is 3.16. The van der Waals surface area contributed by atoms with Gasteiger partial charge in [0, 0.05) is 5.56 Å². The zero-order chi connectivity index (χ0) is 32.0. The second-order valence-electron chi connectivity index (χ2n) is 9.05. The minimum absolute atomic E-state index is 0.0143. The molecule has 0 amide bonds. The van der Waals surface area contributed by atoms with Gasteiger partial charge in [0.25, 0.3) is 0 Å². The van der Waals surface area contributed by atoms with Crippen LogP contribution in [0.2, 0.25) is 5.02 Å². The molecule has 1 aromatic heterocycles. The van der Waals surface area contributed by atoms with E-state index in [0.29, 0.717) is 5.56 Å². The first kappa shape index (κ1) is 32.4. The van der Waals surface area contributed by atoms with Crippen LogP contribution in [0, 0.1) is 6.92 Å². The van der Waals surface area contributed by atoms with Crippen molar-refractivity contribution in [2.45, 2.75) is 27.8 Å². The van der Waals surface area contributed by atoms with Crippen molar-refractivity contribution in [2.75, 3.05) is 12.0 Å². The highest BCUT2D eigenvalue weighted by atomic mass is 35.5. The van der Waals surface area contributed by atoms with Crippen LogP contribution < -0.4 is 20.3 Å². The van der Waals surface area contributed by atoms with Crippen LogP contribution in [-0.4, -0.2) is 41.7 Å². The summed E-state index contributed by atoms with van der Waals surface area (Å²) in [6.07, 6.45) is -4.61. The van der Waals surface area contributed by atoms with Crippen molar-refractivity contribution in [3.63, 3.8) is 0 Å². The maximum absolute atomic E-state index is 13.1. The fourth-order valence-corrected chi connectivity index (χ4v) is 6.64. The van der Waals surface area contributed by atoms with E-state index in [2.05, 4.69) is 15.1 Å². The summed E-state index contributed by atoms with van der Waals surface area (Å²) in [6.45, 7) is 1.88. The number of rotatable bonds is 4. The molecule has 3 aromatic carbocycles. The van der Waals surface area contributed by atoms with E-state index in [9.17, 15) is 38.4 Å². The molecule has 1 aliphatic rings. The number of sulfonamides is 3. The molecule has 12 nitrogen and oxygen atoms in total. The van der Waals surface area contributed by atoms with Gasteiger partial charge in [0.1, 0.15) is 9.79 Å². The van der Waals surface area contributed by atoms with E-state index in [1.807, 2.05) is 6.92 Å². The predicted molar refractivity (Wildman–Crippen MR) is 152 cm³/mol. The number of hydrogen-bond acceptors (Lipinski definition) is 8. The third kappa shape index (κ3) is 7.35. The molecule has 2 heterocycles. The minimum Gasteiger partial charge on any atom is -0.370 e. The Kier molecular flexibility index (Phi) is 8.68. The van der Waals surface area contributed by atoms with Gasteiger partial charge < -0.3 is 5.32 Å². The Bertz CT molecular complexity index is 2020. The number of nitrogens with zero attached hydrogens (tertiary/aromatic N) is 2. The third-order valence-corrected chi connectivity index (χ3v) is 9.67. The lowest BCUT2D eigenvalue weighted by molar-refractivity contribution is -0.141. The summed E-state index contributed by atoms with van der Waals surface area (Å²) in [7, 11) is -11.7. The van der Waals surface area contributed by atoms with Gasteiger partial charge in [-0.1, -0.05) is 41.4 Å². The van der Waals surface area contributed by atoms with Crippen molar-refractivity contribution in [1.82, 2.24) is 14.5 Å². The van der Waals surface area contributed by atoms with Crippen molar-refractivity contribution in [3.8, 4) is 16.9 Å². The summed E-state index contributed by atoms with van der Waals surface area (Å²) in [4.78, 5) is -0.759. The van der Waals surface area contributed by atoms with Crippen LogP contribution in [0.15, 0.2) is 81.4 Å². The lowest BCUT2D eigenvalue weighted by atomic mass is 10.1. The zero-order valence-electron chi connectivity index (χ0n) is 21.8. The lowest BCUT2D eigenvalue weighted by Gasteiger charge is -2.20. The molecule has 230 valence electrons. The van der Waals surface area contributed by atoms with E-state index < -0.39 is 46.8 Å². The van der Waals surface area contributed by atoms with Gasteiger partial charge in [0.2, 0.25) is 30.1 Å². The second kappa shape index (κ2) is 11.5. The standard InChI is InChI=1S/C17H14F3N3O2S.C7H8ClN3O4S2/c1-11-2-4-12(5-3-11)15-10-16(17(18,19)20)22-23(15)13-6-8-14(9-7-13)26(21,24)25;8-4-1-5-7(2-6(4)16(9,12)13)17(14,15)11-3-10-5/h2-10H,1H3,(H2,21,24,25);1-2,10-11H,3H2,(H2,9,12,13).